The Morgan fingerprint density at radius 1 is 0.391 bits per heavy atom. The number of fused-ring (bicyclic) bond motifs is 8. The number of nitrogens with zero attached hydrogens (tertiary/aromatic N) is 3. The van der Waals surface area contributed by atoms with E-state index in [1.54, 1.807) is 0 Å². The Morgan fingerprint density at radius 2 is 0.828 bits per heavy atom. The van der Waals surface area contributed by atoms with E-state index >= 15 is 0 Å². The Hall–Kier alpha value is -7.96. The lowest BCUT2D eigenvalue weighted by Crippen LogP contribution is -2.57. The highest BCUT2D eigenvalue weighted by atomic mass is 16.5. The Morgan fingerprint density at radius 3 is 1.33 bits per heavy atom. The van der Waals surface area contributed by atoms with E-state index < -0.39 is 0 Å². The van der Waals surface area contributed by atoms with Crippen molar-refractivity contribution < 1.29 is 9.47 Å². The van der Waals surface area contributed by atoms with Crippen molar-refractivity contribution in [2.45, 2.75) is 27.7 Å². The first-order chi connectivity index (χ1) is 31.4. The van der Waals surface area contributed by atoms with Gasteiger partial charge in [-0.25, -0.2) is 0 Å². The number of aryl methyl sites for hydroxylation is 4. The van der Waals surface area contributed by atoms with Gasteiger partial charge < -0.3 is 23.8 Å². The molecule has 0 amide bonds. The molecule has 0 spiro atoms. The van der Waals surface area contributed by atoms with Crippen LogP contribution in [-0.4, -0.2) is 11.3 Å². The summed E-state index contributed by atoms with van der Waals surface area (Å²) in [6.07, 6.45) is 0. The van der Waals surface area contributed by atoms with Gasteiger partial charge in [0.1, 0.15) is 23.0 Å². The van der Waals surface area contributed by atoms with Gasteiger partial charge in [0.2, 0.25) is 0 Å². The van der Waals surface area contributed by atoms with Crippen molar-refractivity contribution in [2.75, 3.05) is 9.80 Å². The molecule has 306 valence electrons. The molecule has 0 N–H and O–H groups in total. The van der Waals surface area contributed by atoms with E-state index in [1.807, 2.05) is 0 Å². The molecule has 2 aliphatic heterocycles. The van der Waals surface area contributed by atoms with Gasteiger partial charge in [-0.15, -0.1) is 0 Å². The quantitative estimate of drug-likeness (QED) is 0.150. The molecule has 0 radical (unpaired) electrons. The Bertz CT molecular complexity index is 3310. The predicted molar refractivity (Wildman–Crippen MR) is 267 cm³/mol. The largest absolute Gasteiger partial charge is 0.458 e. The molecule has 6 heteroatoms. The maximum atomic E-state index is 7.38. The van der Waals surface area contributed by atoms with Gasteiger partial charge >= 0.3 is 0 Å². The van der Waals surface area contributed by atoms with Gasteiger partial charge in [0.05, 0.1) is 16.4 Å². The fourth-order valence-corrected chi connectivity index (χ4v) is 9.76. The number of ether oxygens (including phenoxy) is 2. The highest BCUT2D eigenvalue weighted by Crippen LogP contribution is 2.47. The maximum absolute atomic E-state index is 7.38. The topological polar surface area (TPSA) is 29.9 Å². The molecule has 5 nitrogen and oxygen atoms in total. The van der Waals surface area contributed by atoms with Gasteiger partial charge in [-0.3, -0.25) is 0 Å². The predicted octanol–water partition coefficient (Wildman–Crippen LogP) is 13.7. The molecular weight excluding hydrogens is 781 g/mol. The van der Waals surface area contributed by atoms with Crippen LogP contribution in [0.15, 0.2) is 194 Å². The highest BCUT2D eigenvalue weighted by Gasteiger charge is 2.42. The lowest BCUT2D eigenvalue weighted by Gasteiger charge is -2.35. The minimum absolute atomic E-state index is 0.150. The molecule has 64 heavy (non-hydrogen) atoms. The molecule has 0 bridgehead atoms. The van der Waals surface area contributed by atoms with Crippen molar-refractivity contribution in [2.24, 2.45) is 0 Å². The molecule has 0 atom stereocenters. The summed E-state index contributed by atoms with van der Waals surface area (Å²) in [5.41, 5.74) is 17.7. The van der Waals surface area contributed by atoms with Crippen LogP contribution >= 0.6 is 0 Å². The normalized spacial score (nSPS) is 12.3. The molecule has 9 aromatic carbocycles. The second kappa shape index (κ2) is 14.9. The summed E-state index contributed by atoms with van der Waals surface area (Å²) in [6.45, 7) is 8.37. The van der Waals surface area contributed by atoms with E-state index in [2.05, 4.69) is 236 Å². The summed E-state index contributed by atoms with van der Waals surface area (Å²) in [5.74, 6) is 3.28. The van der Waals surface area contributed by atoms with Crippen LogP contribution in [-0.2, 0) is 0 Å². The summed E-state index contributed by atoms with van der Waals surface area (Å²) in [5, 5.41) is 2.20. The molecule has 0 saturated heterocycles. The maximum Gasteiger partial charge on any atom is 0.260 e. The molecule has 0 saturated carbocycles. The third kappa shape index (κ3) is 6.17. The Kier molecular flexibility index (Phi) is 8.77. The molecule has 3 heterocycles. The SMILES string of the molecule is Cc1ccc(N(c2ccc(C)cc2)c2ccc3c(c2)Oc2cc4c(c5c2B3c2ccc(N(c3ccc(C)cc3)c3ccc(C)cc3)cc2O5)c2ccccc2n4-c2ccccc2)cc1. The number of rotatable bonds is 7. The molecule has 10 aromatic rings. The number of hydrogen-bond acceptors (Lipinski definition) is 4. The van der Waals surface area contributed by atoms with E-state index in [4.69, 9.17) is 9.47 Å². The van der Waals surface area contributed by atoms with Crippen LogP contribution in [0, 0.1) is 27.7 Å². The smallest absolute Gasteiger partial charge is 0.260 e. The lowest BCUT2D eigenvalue weighted by atomic mass is 9.34. The van der Waals surface area contributed by atoms with Crippen LogP contribution in [0.3, 0.4) is 0 Å². The van der Waals surface area contributed by atoms with Crippen molar-refractivity contribution in [3.63, 3.8) is 0 Å². The Labute approximate surface area is 374 Å². The summed E-state index contributed by atoms with van der Waals surface area (Å²) < 4.78 is 16.9. The van der Waals surface area contributed by atoms with Crippen LogP contribution in [0.1, 0.15) is 22.3 Å². The zero-order valence-electron chi connectivity index (χ0n) is 36.2. The van der Waals surface area contributed by atoms with Crippen molar-refractivity contribution in [3.05, 3.63) is 216 Å². The third-order valence-corrected chi connectivity index (χ3v) is 13.0. The van der Waals surface area contributed by atoms with Crippen molar-refractivity contribution >= 4 is 79.0 Å². The zero-order chi connectivity index (χ0) is 43.1. The van der Waals surface area contributed by atoms with Gasteiger partial charge in [0.25, 0.3) is 6.71 Å². The van der Waals surface area contributed by atoms with E-state index in [-0.39, 0.29) is 6.71 Å². The molecule has 2 aliphatic rings. The first-order valence-electron chi connectivity index (χ1n) is 22.0. The fourth-order valence-electron chi connectivity index (χ4n) is 9.76. The average Bonchev–Trinajstić information content (AvgIpc) is 3.65. The monoisotopic (exact) mass is 825 g/mol. The molecule has 0 aliphatic carbocycles. The van der Waals surface area contributed by atoms with Crippen LogP contribution in [0.4, 0.5) is 34.1 Å². The molecule has 1 aromatic heterocycles. The van der Waals surface area contributed by atoms with Crippen molar-refractivity contribution in [1.29, 1.82) is 0 Å². The third-order valence-electron chi connectivity index (χ3n) is 13.0. The standard InChI is InChI=1S/C58H44BN3O2/c1-37-14-22-42(23-15-37)60(43-24-16-38(2)17-25-43)46-30-32-49-53(34-46)63-55-36-52-56(48-12-8-9-13-51(48)62(52)41-10-6-5-7-11-41)58-57(55)59(49)50-33-31-47(35-54(50)64-58)61(44-26-18-39(3)19-27-44)45-28-20-40(4)21-29-45/h5-36H,1-4H3. The van der Waals surface area contributed by atoms with Gasteiger partial charge in [-0.05, 0) is 117 Å². The van der Waals surface area contributed by atoms with Gasteiger partial charge in [0.15, 0.2) is 0 Å². The molecule has 12 rings (SSSR count). The van der Waals surface area contributed by atoms with Crippen LogP contribution in [0.2, 0.25) is 0 Å². The number of anilines is 6. The number of hydrogen-bond donors (Lipinski definition) is 0. The lowest BCUT2D eigenvalue weighted by molar-refractivity contribution is 0.468. The van der Waals surface area contributed by atoms with Crippen LogP contribution < -0.4 is 35.7 Å². The van der Waals surface area contributed by atoms with Crippen LogP contribution in [0.25, 0.3) is 27.5 Å². The van der Waals surface area contributed by atoms with E-state index in [0.717, 1.165) is 101 Å². The Balaban J connectivity index is 1.10. The number of aromatic nitrogens is 1. The molecular formula is C58H44BN3O2. The first-order valence-corrected chi connectivity index (χ1v) is 22.0. The summed E-state index contributed by atoms with van der Waals surface area (Å²) in [4.78, 5) is 4.63. The van der Waals surface area contributed by atoms with Crippen molar-refractivity contribution in [1.82, 2.24) is 4.57 Å². The number of benzene rings is 9. The van der Waals surface area contributed by atoms with Crippen molar-refractivity contribution in [3.8, 4) is 28.7 Å². The van der Waals surface area contributed by atoms with Crippen LogP contribution in [0.5, 0.6) is 23.0 Å². The minimum atomic E-state index is -0.150. The molecule has 0 fully saturated rings. The average molecular weight is 826 g/mol. The van der Waals surface area contributed by atoms with Gasteiger partial charge in [0, 0.05) is 68.9 Å². The summed E-state index contributed by atoms with van der Waals surface area (Å²) >= 11 is 0. The summed E-state index contributed by atoms with van der Waals surface area (Å²) in [6, 6.07) is 69.9. The second-order valence-electron chi connectivity index (χ2n) is 17.3. The minimum Gasteiger partial charge on any atom is -0.458 e. The highest BCUT2D eigenvalue weighted by molar-refractivity contribution is 6.98. The van der Waals surface area contributed by atoms with Gasteiger partial charge in [-0.2, -0.15) is 0 Å². The van der Waals surface area contributed by atoms with Gasteiger partial charge in [-0.1, -0.05) is 119 Å². The first kappa shape index (κ1) is 37.8. The number of para-hydroxylation sites is 2. The van der Waals surface area contributed by atoms with E-state index in [9.17, 15) is 0 Å². The second-order valence-corrected chi connectivity index (χ2v) is 17.3. The molecule has 0 unspecified atom stereocenters. The summed E-state index contributed by atoms with van der Waals surface area (Å²) in [7, 11) is 0. The zero-order valence-corrected chi connectivity index (χ0v) is 36.2. The van der Waals surface area contributed by atoms with E-state index in [1.165, 1.54) is 22.3 Å². The fraction of sp³-hybridized carbons (Fsp3) is 0.0690. The van der Waals surface area contributed by atoms with E-state index in [0.29, 0.717) is 0 Å².